The number of esters is 1. The first-order valence-corrected chi connectivity index (χ1v) is 5.86. The summed E-state index contributed by atoms with van der Waals surface area (Å²) in [7, 11) is 0. The normalized spacial score (nSPS) is 28.5. The van der Waals surface area contributed by atoms with Crippen LogP contribution in [0.3, 0.4) is 0 Å². The summed E-state index contributed by atoms with van der Waals surface area (Å²) in [5.74, 6) is -0.300. The monoisotopic (exact) mass is 225 g/mol. The lowest BCUT2D eigenvalue weighted by atomic mass is 9.82. The number of nitrogens with one attached hydrogen (secondary N) is 1. The predicted molar refractivity (Wildman–Crippen MR) is 65.2 cm³/mol. The highest BCUT2D eigenvalue weighted by Gasteiger charge is 2.36. The number of carbonyl (C=O) groups excluding carboxylic acids is 1. The van der Waals surface area contributed by atoms with Crippen LogP contribution in [0.15, 0.2) is 12.2 Å². The molecular weight excluding hydrogens is 202 g/mol. The van der Waals surface area contributed by atoms with E-state index < -0.39 is 0 Å². The second-order valence-corrected chi connectivity index (χ2v) is 5.78. The summed E-state index contributed by atoms with van der Waals surface area (Å²) in [5.41, 5.74) is 0.480. The summed E-state index contributed by atoms with van der Waals surface area (Å²) in [6, 6.07) is 0. The zero-order valence-corrected chi connectivity index (χ0v) is 10.9. The molecule has 3 heteroatoms. The van der Waals surface area contributed by atoms with Crippen LogP contribution in [-0.2, 0) is 9.53 Å². The molecule has 1 rings (SSSR count). The third-order valence-electron chi connectivity index (χ3n) is 3.04. The first kappa shape index (κ1) is 13.2. The largest absolute Gasteiger partial charge is 0.460 e. The van der Waals surface area contributed by atoms with Crippen molar-refractivity contribution in [1.29, 1.82) is 0 Å². The summed E-state index contributed by atoms with van der Waals surface area (Å²) in [6.45, 7) is 12.1. The minimum Gasteiger partial charge on any atom is -0.460 e. The molecule has 1 fully saturated rings. The zero-order chi connectivity index (χ0) is 12.4. The van der Waals surface area contributed by atoms with Gasteiger partial charge in [0, 0.05) is 11.1 Å². The van der Waals surface area contributed by atoms with Crippen molar-refractivity contribution in [2.24, 2.45) is 0 Å². The van der Waals surface area contributed by atoms with E-state index in [0.29, 0.717) is 12.2 Å². The second-order valence-electron chi connectivity index (χ2n) is 5.78. The van der Waals surface area contributed by atoms with Crippen LogP contribution in [0.2, 0.25) is 0 Å². The summed E-state index contributed by atoms with van der Waals surface area (Å²) < 4.78 is 5.24. The van der Waals surface area contributed by atoms with Gasteiger partial charge in [0.25, 0.3) is 0 Å². The molecular formula is C13H23NO2. The van der Waals surface area contributed by atoms with Gasteiger partial charge in [0.05, 0.1) is 5.54 Å². The summed E-state index contributed by atoms with van der Waals surface area (Å²) >= 11 is 0. The Labute approximate surface area is 98.2 Å². The number of piperidine rings is 1. The maximum absolute atomic E-state index is 11.3. The molecule has 0 saturated carbocycles. The zero-order valence-electron chi connectivity index (χ0n) is 10.9. The Balaban J connectivity index is 2.52. The standard InChI is InChI=1S/C13H23NO2/c1-10(2)11(15)16-9-13(5)8-6-7-12(3,4)14-13/h14H,1,6-9H2,2-5H3. The van der Waals surface area contributed by atoms with Crippen molar-refractivity contribution in [3.63, 3.8) is 0 Å². The number of carbonyl (C=O) groups is 1. The lowest BCUT2D eigenvalue weighted by molar-refractivity contribution is -0.141. The number of rotatable bonds is 3. The molecule has 0 aromatic carbocycles. The van der Waals surface area contributed by atoms with Crippen molar-refractivity contribution in [3.8, 4) is 0 Å². The van der Waals surface area contributed by atoms with Crippen molar-refractivity contribution < 1.29 is 9.53 Å². The minimum absolute atomic E-state index is 0.104. The van der Waals surface area contributed by atoms with Gasteiger partial charge in [-0.3, -0.25) is 0 Å². The summed E-state index contributed by atoms with van der Waals surface area (Å²) in [6.07, 6.45) is 3.37. The molecule has 1 heterocycles. The molecule has 1 unspecified atom stereocenters. The highest BCUT2D eigenvalue weighted by atomic mass is 16.5. The molecule has 0 radical (unpaired) electrons. The molecule has 0 spiro atoms. The smallest absolute Gasteiger partial charge is 0.333 e. The van der Waals surface area contributed by atoms with Gasteiger partial charge in [-0.05, 0) is 47.0 Å². The molecule has 16 heavy (non-hydrogen) atoms. The molecule has 3 nitrogen and oxygen atoms in total. The number of hydrogen-bond donors (Lipinski definition) is 1. The van der Waals surface area contributed by atoms with E-state index in [1.807, 2.05) is 0 Å². The van der Waals surface area contributed by atoms with Crippen molar-refractivity contribution in [3.05, 3.63) is 12.2 Å². The van der Waals surface area contributed by atoms with Crippen LogP contribution < -0.4 is 5.32 Å². The van der Waals surface area contributed by atoms with Gasteiger partial charge in [-0.2, -0.15) is 0 Å². The number of hydrogen-bond acceptors (Lipinski definition) is 3. The lowest BCUT2D eigenvalue weighted by Gasteiger charge is -2.44. The average molecular weight is 225 g/mol. The van der Waals surface area contributed by atoms with E-state index in [0.717, 1.165) is 12.8 Å². The molecule has 0 aliphatic carbocycles. The van der Waals surface area contributed by atoms with E-state index in [-0.39, 0.29) is 17.0 Å². The van der Waals surface area contributed by atoms with Gasteiger partial charge >= 0.3 is 5.97 Å². The molecule has 1 aliphatic heterocycles. The molecule has 0 aromatic heterocycles. The SMILES string of the molecule is C=C(C)C(=O)OCC1(C)CCCC(C)(C)N1. The Morgan fingerprint density at radius 3 is 2.50 bits per heavy atom. The first-order chi connectivity index (χ1) is 7.24. The lowest BCUT2D eigenvalue weighted by Crippen LogP contribution is -2.59. The van der Waals surface area contributed by atoms with Gasteiger partial charge in [-0.25, -0.2) is 4.79 Å². The van der Waals surface area contributed by atoms with Crippen LogP contribution in [0.5, 0.6) is 0 Å². The molecule has 0 aromatic rings. The van der Waals surface area contributed by atoms with Gasteiger partial charge in [-0.1, -0.05) is 6.58 Å². The van der Waals surface area contributed by atoms with E-state index in [4.69, 9.17) is 4.74 Å². The van der Waals surface area contributed by atoms with Gasteiger partial charge < -0.3 is 10.1 Å². The van der Waals surface area contributed by atoms with Crippen molar-refractivity contribution >= 4 is 5.97 Å². The molecule has 1 atom stereocenters. The van der Waals surface area contributed by atoms with Crippen LogP contribution in [-0.4, -0.2) is 23.7 Å². The Bertz CT molecular complexity index is 296. The average Bonchev–Trinajstić information content (AvgIpc) is 2.12. The van der Waals surface area contributed by atoms with Gasteiger partial charge in [0.1, 0.15) is 6.61 Å². The van der Waals surface area contributed by atoms with Crippen molar-refractivity contribution in [2.75, 3.05) is 6.61 Å². The van der Waals surface area contributed by atoms with Crippen molar-refractivity contribution in [1.82, 2.24) is 5.32 Å². The Hall–Kier alpha value is -0.830. The van der Waals surface area contributed by atoms with Gasteiger partial charge in [0.2, 0.25) is 0 Å². The van der Waals surface area contributed by atoms with Crippen LogP contribution in [0.25, 0.3) is 0 Å². The van der Waals surface area contributed by atoms with Gasteiger partial charge in [-0.15, -0.1) is 0 Å². The molecule has 0 bridgehead atoms. The predicted octanol–water partition coefficient (Wildman–Crippen LogP) is 2.42. The molecule has 1 aliphatic rings. The Morgan fingerprint density at radius 2 is 2.00 bits per heavy atom. The van der Waals surface area contributed by atoms with Crippen LogP contribution in [0.4, 0.5) is 0 Å². The van der Waals surface area contributed by atoms with Gasteiger partial charge in [0.15, 0.2) is 0 Å². The number of ether oxygens (including phenoxy) is 1. The van der Waals surface area contributed by atoms with Crippen LogP contribution in [0, 0.1) is 0 Å². The highest BCUT2D eigenvalue weighted by Crippen LogP contribution is 2.28. The van der Waals surface area contributed by atoms with E-state index in [1.165, 1.54) is 6.42 Å². The van der Waals surface area contributed by atoms with Crippen molar-refractivity contribution in [2.45, 2.75) is 58.0 Å². The third kappa shape index (κ3) is 3.63. The quantitative estimate of drug-likeness (QED) is 0.592. The van der Waals surface area contributed by atoms with E-state index in [9.17, 15) is 4.79 Å². The second kappa shape index (κ2) is 4.58. The Kier molecular flexibility index (Phi) is 3.79. The summed E-state index contributed by atoms with van der Waals surface area (Å²) in [4.78, 5) is 11.3. The van der Waals surface area contributed by atoms with Crippen LogP contribution in [0.1, 0.15) is 47.0 Å². The molecule has 1 N–H and O–H groups in total. The van der Waals surface area contributed by atoms with E-state index in [1.54, 1.807) is 6.92 Å². The van der Waals surface area contributed by atoms with E-state index >= 15 is 0 Å². The Morgan fingerprint density at radius 1 is 1.38 bits per heavy atom. The fourth-order valence-electron chi connectivity index (χ4n) is 2.32. The molecule has 1 saturated heterocycles. The molecule has 0 amide bonds. The summed E-state index contributed by atoms with van der Waals surface area (Å²) in [5, 5.41) is 3.56. The topological polar surface area (TPSA) is 38.3 Å². The van der Waals surface area contributed by atoms with E-state index in [2.05, 4.69) is 32.7 Å². The maximum atomic E-state index is 11.3. The third-order valence-corrected chi connectivity index (χ3v) is 3.04. The van der Waals surface area contributed by atoms with Crippen LogP contribution >= 0.6 is 0 Å². The fourth-order valence-corrected chi connectivity index (χ4v) is 2.32. The minimum atomic E-state index is -0.300. The first-order valence-electron chi connectivity index (χ1n) is 5.86. The highest BCUT2D eigenvalue weighted by molar-refractivity contribution is 5.86. The molecule has 92 valence electrons. The maximum Gasteiger partial charge on any atom is 0.333 e. The fraction of sp³-hybridized carbons (Fsp3) is 0.769.